The summed E-state index contributed by atoms with van der Waals surface area (Å²) in [6.45, 7) is 0. The van der Waals surface area contributed by atoms with Crippen LogP contribution in [0.15, 0.2) is 66.7 Å². The predicted octanol–water partition coefficient (Wildman–Crippen LogP) is 4.57. The minimum atomic E-state index is -1.02. The Bertz CT molecular complexity index is 1010. The molecule has 1 aliphatic rings. The van der Waals surface area contributed by atoms with Crippen molar-refractivity contribution in [1.29, 1.82) is 0 Å². The van der Waals surface area contributed by atoms with Crippen LogP contribution in [0.5, 0.6) is 5.75 Å². The third kappa shape index (κ3) is 2.91. The zero-order valence-corrected chi connectivity index (χ0v) is 13.7. The summed E-state index contributed by atoms with van der Waals surface area (Å²) in [7, 11) is 0. The van der Waals surface area contributed by atoms with Gasteiger partial charge in [0.15, 0.2) is 0 Å². The van der Waals surface area contributed by atoms with Crippen LogP contribution >= 0.6 is 0 Å². The van der Waals surface area contributed by atoms with Gasteiger partial charge in [-0.15, -0.1) is 0 Å². The molecule has 0 bridgehead atoms. The molecule has 0 saturated heterocycles. The summed E-state index contributed by atoms with van der Waals surface area (Å²) in [6, 6.07) is 19.7. The van der Waals surface area contributed by atoms with Crippen molar-refractivity contribution in [2.45, 2.75) is 6.42 Å². The molecule has 0 aromatic heterocycles. The highest BCUT2D eigenvalue weighted by Crippen LogP contribution is 2.40. The van der Waals surface area contributed by atoms with Crippen LogP contribution in [0, 0.1) is 0 Å². The first-order valence-electron chi connectivity index (χ1n) is 8.14. The average molecular weight is 345 g/mol. The van der Waals surface area contributed by atoms with E-state index in [2.05, 4.69) is 17.4 Å². The topological polar surface area (TPSA) is 75.6 Å². The number of carboxylic acid groups (broad SMARTS) is 1. The molecule has 1 aliphatic carbocycles. The number of benzene rings is 3. The molecule has 5 nitrogen and oxygen atoms in total. The van der Waals surface area contributed by atoms with Crippen molar-refractivity contribution in [1.82, 2.24) is 0 Å². The maximum atomic E-state index is 12.2. The Kier molecular flexibility index (Phi) is 3.89. The van der Waals surface area contributed by atoms with Crippen molar-refractivity contribution in [2.75, 3.05) is 5.32 Å². The van der Waals surface area contributed by atoms with E-state index in [4.69, 9.17) is 9.84 Å². The van der Waals surface area contributed by atoms with Crippen molar-refractivity contribution in [3.63, 3.8) is 0 Å². The van der Waals surface area contributed by atoms with Gasteiger partial charge in [0.2, 0.25) is 0 Å². The van der Waals surface area contributed by atoms with Gasteiger partial charge < -0.3 is 9.84 Å². The second kappa shape index (κ2) is 6.37. The lowest BCUT2D eigenvalue weighted by Crippen LogP contribution is -2.17. The average Bonchev–Trinajstić information content (AvgIpc) is 3.02. The summed E-state index contributed by atoms with van der Waals surface area (Å²) in [5.74, 6) is -0.489. The first-order chi connectivity index (χ1) is 12.6. The maximum Gasteiger partial charge on any atom is 0.417 e. The molecule has 0 fully saturated rings. The van der Waals surface area contributed by atoms with Gasteiger partial charge >= 0.3 is 12.1 Å². The van der Waals surface area contributed by atoms with E-state index >= 15 is 0 Å². The fraction of sp³-hybridized carbons (Fsp3) is 0.0476. The van der Waals surface area contributed by atoms with Crippen LogP contribution in [0.3, 0.4) is 0 Å². The molecule has 0 atom stereocenters. The number of rotatable bonds is 3. The van der Waals surface area contributed by atoms with E-state index in [0.717, 1.165) is 23.1 Å². The summed E-state index contributed by atoms with van der Waals surface area (Å²) in [4.78, 5) is 23.1. The van der Waals surface area contributed by atoms with Gasteiger partial charge in [0.05, 0.1) is 5.56 Å². The standard InChI is InChI=1S/C21H15NO4/c23-20(24)13-8-10-15(11-9-13)22-21(25)26-19-7-3-6-17-16-5-2-1-4-14(16)12-18(17)19/h1-11H,12H2,(H,22,25)(H,23,24). The number of carbonyl (C=O) groups is 2. The molecule has 0 radical (unpaired) electrons. The van der Waals surface area contributed by atoms with Crippen molar-refractivity contribution < 1.29 is 19.4 Å². The number of aromatic carboxylic acids is 1. The van der Waals surface area contributed by atoms with E-state index in [-0.39, 0.29) is 5.56 Å². The molecule has 5 heteroatoms. The van der Waals surface area contributed by atoms with Gasteiger partial charge in [-0.25, -0.2) is 9.59 Å². The second-order valence-electron chi connectivity index (χ2n) is 6.01. The molecule has 3 aromatic carbocycles. The van der Waals surface area contributed by atoms with Gasteiger partial charge in [-0.05, 0) is 47.0 Å². The molecule has 0 unspecified atom stereocenters. The van der Waals surface area contributed by atoms with Gasteiger partial charge in [0.25, 0.3) is 0 Å². The van der Waals surface area contributed by atoms with Crippen molar-refractivity contribution in [2.24, 2.45) is 0 Å². The number of amides is 1. The van der Waals surface area contributed by atoms with E-state index in [1.54, 1.807) is 6.07 Å². The molecule has 1 amide bonds. The van der Waals surface area contributed by atoms with Gasteiger partial charge in [-0.2, -0.15) is 0 Å². The summed E-state index contributed by atoms with van der Waals surface area (Å²) in [5, 5.41) is 11.5. The van der Waals surface area contributed by atoms with E-state index in [1.165, 1.54) is 29.8 Å². The smallest absolute Gasteiger partial charge is 0.417 e. The van der Waals surface area contributed by atoms with Crippen molar-refractivity contribution >= 4 is 17.7 Å². The number of nitrogens with one attached hydrogen (secondary N) is 1. The number of ether oxygens (including phenoxy) is 1. The SMILES string of the molecule is O=C(Nc1ccc(C(=O)O)cc1)Oc1cccc2c1Cc1ccccc1-2. The highest BCUT2D eigenvalue weighted by molar-refractivity contribution is 5.90. The fourth-order valence-electron chi connectivity index (χ4n) is 3.16. The van der Waals surface area contributed by atoms with Crippen LogP contribution in [0.25, 0.3) is 11.1 Å². The van der Waals surface area contributed by atoms with Crippen molar-refractivity contribution in [3.05, 3.63) is 83.4 Å². The third-order valence-electron chi connectivity index (χ3n) is 4.39. The number of hydrogen-bond donors (Lipinski definition) is 2. The number of hydrogen-bond acceptors (Lipinski definition) is 3. The molecule has 3 aromatic rings. The Morgan fingerprint density at radius 3 is 2.38 bits per heavy atom. The zero-order valence-electron chi connectivity index (χ0n) is 13.7. The largest absolute Gasteiger partial charge is 0.478 e. The van der Waals surface area contributed by atoms with E-state index in [0.29, 0.717) is 11.4 Å². The molecule has 128 valence electrons. The highest BCUT2D eigenvalue weighted by Gasteiger charge is 2.22. The molecule has 26 heavy (non-hydrogen) atoms. The van der Waals surface area contributed by atoms with Crippen LogP contribution in [0.4, 0.5) is 10.5 Å². The molecule has 2 N–H and O–H groups in total. The van der Waals surface area contributed by atoms with Crippen LogP contribution < -0.4 is 10.1 Å². The quantitative estimate of drug-likeness (QED) is 0.570. The first kappa shape index (κ1) is 15.9. The van der Waals surface area contributed by atoms with E-state index in [1.807, 2.05) is 24.3 Å². The van der Waals surface area contributed by atoms with Gasteiger partial charge in [-0.1, -0.05) is 36.4 Å². The number of carbonyl (C=O) groups excluding carboxylic acids is 1. The predicted molar refractivity (Wildman–Crippen MR) is 97.7 cm³/mol. The maximum absolute atomic E-state index is 12.2. The molecule has 0 aliphatic heterocycles. The van der Waals surface area contributed by atoms with Crippen LogP contribution in [0.1, 0.15) is 21.5 Å². The Balaban J connectivity index is 1.52. The first-order valence-corrected chi connectivity index (χ1v) is 8.14. The van der Waals surface area contributed by atoms with E-state index in [9.17, 15) is 9.59 Å². The normalized spacial score (nSPS) is 11.4. The summed E-state index contributed by atoms with van der Waals surface area (Å²) >= 11 is 0. The lowest BCUT2D eigenvalue weighted by molar-refractivity contribution is 0.0697. The minimum Gasteiger partial charge on any atom is -0.478 e. The summed E-state index contributed by atoms with van der Waals surface area (Å²) in [5.41, 5.74) is 5.07. The lowest BCUT2D eigenvalue weighted by atomic mass is 10.1. The lowest BCUT2D eigenvalue weighted by Gasteiger charge is -2.10. The fourth-order valence-corrected chi connectivity index (χ4v) is 3.16. The molecule has 0 spiro atoms. The summed E-state index contributed by atoms with van der Waals surface area (Å²) < 4.78 is 5.50. The van der Waals surface area contributed by atoms with E-state index < -0.39 is 12.1 Å². The number of fused-ring (bicyclic) bond motifs is 3. The second-order valence-corrected chi connectivity index (χ2v) is 6.01. The Morgan fingerprint density at radius 1 is 0.885 bits per heavy atom. The molecular weight excluding hydrogens is 330 g/mol. The zero-order chi connectivity index (χ0) is 18.1. The number of anilines is 1. The minimum absolute atomic E-state index is 0.155. The van der Waals surface area contributed by atoms with Gasteiger partial charge in [-0.3, -0.25) is 5.32 Å². The Hall–Kier alpha value is -3.60. The third-order valence-corrected chi connectivity index (χ3v) is 4.39. The monoisotopic (exact) mass is 345 g/mol. The molecule has 4 rings (SSSR count). The number of carboxylic acids is 1. The van der Waals surface area contributed by atoms with Gasteiger partial charge in [0.1, 0.15) is 5.75 Å². The highest BCUT2D eigenvalue weighted by atomic mass is 16.6. The van der Waals surface area contributed by atoms with Crippen molar-refractivity contribution in [3.8, 4) is 16.9 Å². The van der Waals surface area contributed by atoms with Crippen LogP contribution in [-0.4, -0.2) is 17.2 Å². The molecule has 0 saturated carbocycles. The Morgan fingerprint density at radius 2 is 1.62 bits per heavy atom. The molecule has 0 heterocycles. The van der Waals surface area contributed by atoms with Crippen LogP contribution in [-0.2, 0) is 6.42 Å². The summed E-state index contributed by atoms with van der Waals surface area (Å²) in [6.07, 6.45) is 0.111. The van der Waals surface area contributed by atoms with Crippen LogP contribution in [0.2, 0.25) is 0 Å². The van der Waals surface area contributed by atoms with Gasteiger partial charge in [0, 0.05) is 17.7 Å². The molecular formula is C21H15NO4. The Labute approximate surface area is 149 Å².